The first-order valence-corrected chi connectivity index (χ1v) is 19.3. The van der Waals surface area contributed by atoms with E-state index in [9.17, 15) is 0 Å². The lowest BCUT2D eigenvalue weighted by molar-refractivity contribution is 0.801. The Balaban J connectivity index is 1.11. The molecule has 1 spiro atoms. The highest BCUT2D eigenvalue weighted by atomic mass is 15.1. The van der Waals surface area contributed by atoms with E-state index in [-0.39, 0.29) is 0 Å². The van der Waals surface area contributed by atoms with E-state index < -0.39 is 5.41 Å². The van der Waals surface area contributed by atoms with Crippen molar-refractivity contribution < 1.29 is 0 Å². The van der Waals surface area contributed by atoms with Gasteiger partial charge in [-0.2, -0.15) is 0 Å². The van der Waals surface area contributed by atoms with Gasteiger partial charge in [-0.25, -0.2) is 9.97 Å². The molecule has 2 heterocycles. The average molecular weight is 712 g/mol. The molecule has 0 amide bonds. The molecule has 0 saturated carbocycles. The zero-order valence-electron chi connectivity index (χ0n) is 30.4. The Morgan fingerprint density at radius 1 is 0.375 bits per heavy atom. The zero-order chi connectivity index (χ0) is 36.8. The van der Waals surface area contributed by atoms with Crippen LogP contribution in [0.1, 0.15) is 22.3 Å². The monoisotopic (exact) mass is 711 g/mol. The Labute approximate surface area is 324 Å². The van der Waals surface area contributed by atoms with E-state index >= 15 is 0 Å². The van der Waals surface area contributed by atoms with Gasteiger partial charge in [0.1, 0.15) is 5.82 Å². The molecule has 3 heteroatoms. The first kappa shape index (κ1) is 31.0. The second-order valence-corrected chi connectivity index (χ2v) is 14.8. The Kier molecular flexibility index (Phi) is 6.55. The van der Waals surface area contributed by atoms with Crippen molar-refractivity contribution in [1.29, 1.82) is 0 Å². The maximum absolute atomic E-state index is 5.41. The SMILES string of the molecule is c1ccc(-c2nc3ccccc3c3c2-c2ccccc2C32c3ccccc3-c3c(-c4ccc(-c5nc6ccccc6n5-c5ccccc5)cc4)cccc32)cc1. The number of para-hydroxylation sites is 4. The van der Waals surface area contributed by atoms with Crippen LogP contribution in [0.3, 0.4) is 0 Å². The van der Waals surface area contributed by atoms with Crippen molar-refractivity contribution in [1.82, 2.24) is 14.5 Å². The molecule has 1 unspecified atom stereocenters. The molecule has 2 aliphatic carbocycles. The number of imidazole rings is 1. The smallest absolute Gasteiger partial charge is 0.145 e. The van der Waals surface area contributed by atoms with Gasteiger partial charge in [0, 0.05) is 27.8 Å². The molecule has 0 N–H and O–H groups in total. The van der Waals surface area contributed by atoms with Crippen molar-refractivity contribution in [2.75, 3.05) is 0 Å². The summed E-state index contributed by atoms with van der Waals surface area (Å²) in [4.78, 5) is 10.6. The third-order valence-corrected chi connectivity index (χ3v) is 12.0. The Bertz CT molecular complexity index is 3180. The molecule has 0 aliphatic heterocycles. The standard InChI is InChI=1S/C53H33N3/c1-3-16-35(17-4-1)51-49-40-21-8-11-25-43(40)53(50(49)41-22-9-12-27-45(41)54-51)42-24-10-7-20-39(42)48-38(23-15-26-44(48)53)34-30-32-36(33-31-34)52-55-46-28-13-14-29-47(46)56(52)37-18-5-2-6-19-37/h1-33H. The van der Waals surface area contributed by atoms with Crippen LogP contribution in [0.5, 0.6) is 0 Å². The molecule has 2 aliphatic rings. The number of hydrogen-bond acceptors (Lipinski definition) is 2. The molecule has 260 valence electrons. The van der Waals surface area contributed by atoms with Gasteiger partial charge in [0.2, 0.25) is 0 Å². The van der Waals surface area contributed by atoms with Gasteiger partial charge in [-0.15, -0.1) is 0 Å². The minimum atomic E-state index is -0.527. The summed E-state index contributed by atoms with van der Waals surface area (Å²) >= 11 is 0. The van der Waals surface area contributed by atoms with E-state index in [0.717, 1.165) is 44.9 Å². The zero-order valence-corrected chi connectivity index (χ0v) is 30.4. The normalized spacial score (nSPS) is 14.9. The van der Waals surface area contributed by atoms with E-state index in [1.165, 1.54) is 61.0 Å². The number of hydrogen-bond donors (Lipinski definition) is 0. The maximum Gasteiger partial charge on any atom is 0.145 e. The second-order valence-electron chi connectivity index (χ2n) is 14.8. The highest BCUT2D eigenvalue weighted by molar-refractivity contribution is 6.08. The van der Waals surface area contributed by atoms with E-state index in [1.807, 2.05) is 0 Å². The summed E-state index contributed by atoms with van der Waals surface area (Å²) in [5, 5.41) is 1.19. The maximum atomic E-state index is 5.41. The van der Waals surface area contributed by atoms with E-state index in [2.05, 4.69) is 205 Å². The number of rotatable bonds is 4. The van der Waals surface area contributed by atoms with Crippen molar-refractivity contribution in [2.45, 2.75) is 5.41 Å². The van der Waals surface area contributed by atoms with Crippen LogP contribution in [-0.4, -0.2) is 14.5 Å². The van der Waals surface area contributed by atoms with Crippen molar-refractivity contribution in [3.63, 3.8) is 0 Å². The highest BCUT2D eigenvalue weighted by Crippen LogP contribution is 2.66. The van der Waals surface area contributed by atoms with Crippen LogP contribution < -0.4 is 0 Å². The lowest BCUT2D eigenvalue weighted by Gasteiger charge is -2.31. The van der Waals surface area contributed by atoms with Gasteiger partial charge >= 0.3 is 0 Å². The number of pyridine rings is 1. The molecule has 56 heavy (non-hydrogen) atoms. The minimum Gasteiger partial charge on any atom is -0.292 e. The second kappa shape index (κ2) is 11.8. The van der Waals surface area contributed by atoms with Gasteiger partial charge in [0.05, 0.1) is 27.7 Å². The molecule has 0 saturated heterocycles. The molecule has 0 fully saturated rings. The molecule has 3 nitrogen and oxygen atoms in total. The predicted molar refractivity (Wildman–Crippen MR) is 229 cm³/mol. The lowest BCUT2D eigenvalue weighted by atomic mass is 9.69. The van der Waals surface area contributed by atoms with E-state index in [4.69, 9.17) is 9.97 Å². The fourth-order valence-corrected chi connectivity index (χ4v) is 9.82. The molecule has 1 atom stereocenters. The average Bonchev–Trinajstić information content (AvgIpc) is 3.92. The van der Waals surface area contributed by atoms with Crippen LogP contribution in [0, 0.1) is 0 Å². The fourth-order valence-electron chi connectivity index (χ4n) is 9.82. The summed E-state index contributed by atoms with van der Waals surface area (Å²) in [5.74, 6) is 0.931. The third kappa shape index (κ3) is 4.17. The lowest BCUT2D eigenvalue weighted by Crippen LogP contribution is -2.26. The molecule has 8 aromatic carbocycles. The molecule has 10 aromatic rings. The largest absolute Gasteiger partial charge is 0.292 e. The van der Waals surface area contributed by atoms with E-state index in [0.29, 0.717) is 0 Å². The van der Waals surface area contributed by atoms with Crippen molar-refractivity contribution in [3.05, 3.63) is 222 Å². The summed E-state index contributed by atoms with van der Waals surface area (Å²) in [6.07, 6.45) is 0. The molecule has 2 aromatic heterocycles. The molecule has 0 bridgehead atoms. The van der Waals surface area contributed by atoms with Crippen LogP contribution in [0.15, 0.2) is 200 Å². The van der Waals surface area contributed by atoms with Crippen LogP contribution in [0.2, 0.25) is 0 Å². The summed E-state index contributed by atoms with van der Waals surface area (Å²) in [7, 11) is 0. The molecule has 0 radical (unpaired) electrons. The van der Waals surface area contributed by atoms with Crippen LogP contribution in [0.4, 0.5) is 0 Å². The van der Waals surface area contributed by atoms with Crippen LogP contribution in [-0.2, 0) is 5.41 Å². The Hall–Kier alpha value is -7.36. The first-order valence-electron chi connectivity index (χ1n) is 19.3. The third-order valence-electron chi connectivity index (χ3n) is 12.0. The molecule has 12 rings (SSSR count). The fraction of sp³-hybridized carbons (Fsp3) is 0.0189. The van der Waals surface area contributed by atoms with Gasteiger partial charge in [-0.1, -0.05) is 170 Å². The minimum absolute atomic E-state index is 0.527. The highest BCUT2D eigenvalue weighted by Gasteiger charge is 2.53. The quantitative estimate of drug-likeness (QED) is 0.182. The van der Waals surface area contributed by atoms with Crippen molar-refractivity contribution >= 4 is 21.9 Å². The summed E-state index contributed by atoms with van der Waals surface area (Å²) < 4.78 is 2.27. The van der Waals surface area contributed by atoms with Crippen LogP contribution in [0.25, 0.3) is 83.6 Å². The van der Waals surface area contributed by atoms with Crippen molar-refractivity contribution in [3.8, 4) is 61.7 Å². The topological polar surface area (TPSA) is 30.7 Å². The summed E-state index contributed by atoms with van der Waals surface area (Å²) in [5.41, 5.74) is 19.6. The number of nitrogens with zero attached hydrogens (tertiary/aromatic N) is 3. The van der Waals surface area contributed by atoms with Gasteiger partial charge in [0.15, 0.2) is 0 Å². The number of aromatic nitrogens is 3. The number of benzene rings is 8. The van der Waals surface area contributed by atoms with Gasteiger partial charge in [-0.3, -0.25) is 4.57 Å². The van der Waals surface area contributed by atoms with Gasteiger partial charge in [-0.05, 0) is 80.4 Å². The van der Waals surface area contributed by atoms with Crippen LogP contribution >= 0.6 is 0 Å². The van der Waals surface area contributed by atoms with E-state index in [1.54, 1.807) is 0 Å². The Morgan fingerprint density at radius 3 is 1.71 bits per heavy atom. The number of fused-ring (bicyclic) bond motifs is 13. The van der Waals surface area contributed by atoms with Crippen molar-refractivity contribution in [2.24, 2.45) is 0 Å². The molecular weight excluding hydrogens is 679 g/mol. The van der Waals surface area contributed by atoms with Gasteiger partial charge in [0.25, 0.3) is 0 Å². The van der Waals surface area contributed by atoms with Gasteiger partial charge < -0.3 is 0 Å². The predicted octanol–water partition coefficient (Wildman–Crippen LogP) is 12.9. The Morgan fingerprint density at radius 2 is 0.946 bits per heavy atom. The first-order chi connectivity index (χ1) is 27.8. The summed E-state index contributed by atoms with van der Waals surface area (Å²) in [6.45, 7) is 0. The summed E-state index contributed by atoms with van der Waals surface area (Å²) in [6, 6.07) is 72.4. The molecular formula is C53H33N3.